The molecule has 0 radical (unpaired) electrons. The van der Waals surface area contributed by atoms with Gasteiger partial charge in [-0.15, -0.1) is 0 Å². The van der Waals surface area contributed by atoms with Crippen molar-refractivity contribution in [3.05, 3.63) is 72.9 Å². The molecule has 0 spiro atoms. The van der Waals surface area contributed by atoms with Crippen LogP contribution in [0.4, 0.5) is 11.6 Å². The Morgan fingerprint density at radius 2 is 1.71 bits per heavy atom. The molecule has 0 aliphatic heterocycles. The highest BCUT2D eigenvalue weighted by molar-refractivity contribution is 7.97. The van der Waals surface area contributed by atoms with E-state index in [2.05, 4.69) is 21.1 Å². The number of methoxy groups -OCH3 is 1. The van der Waals surface area contributed by atoms with Crippen molar-refractivity contribution in [1.29, 1.82) is 0 Å². The number of aromatic nitrogens is 2. The van der Waals surface area contributed by atoms with Crippen LogP contribution >= 0.6 is 11.9 Å². The van der Waals surface area contributed by atoms with E-state index in [1.54, 1.807) is 19.1 Å². The fourth-order valence-electron chi connectivity index (χ4n) is 2.97. The molecule has 140 valence electrons. The maximum atomic E-state index is 5.26. The lowest BCUT2D eigenvalue weighted by Gasteiger charge is -2.10. The summed E-state index contributed by atoms with van der Waals surface area (Å²) in [5.41, 5.74) is 4.00. The van der Waals surface area contributed by atoms with E-state index in [1.165, 1.54) is 0 Å². The van der Waals surface area contributed by atoms with Gasteiger partial charge in [-0.2, -0.15) is 0 Å². The third-order valence-corrected chi connectivity index (χ3v) is 5.05. The van der Waals surface area contributed by atoms with E-state index in [0.29, 0.717) is 5.95 Å². The topological polar surface area (TPSA) is 59.1 Å². The number of hydrogen-bond donors (Lipinski definition) is 2. The van der Waals surface area contributed by atoms with E-state index in [4.69, 9.17) is 9.72 Å². The van der Waals surface area contributed by atoms with Gasteiger partial charge in [-0.05, 0) is 61.0 Å². The maximum absolute atomic E-state index is 5.26. The summed E-state index contributed by atoms with van der Waals surface area (Å²) in [6, 6.07) is 22.3. The highest BCUT2D eigenvalue weighted by atomic mass is 32.2. The van der Waals surface area contributed by atoms with Gasteiger partial charge in [-0.1, -0.05) is 30.3 Å². The van der Waals surface area contributed by atoms with Crippen LogP contribution in [0.15, 0.2) is 77.8 Å². The van der Waals surface area contributed by atoms with Crippen LogP contribution in [0.25, 0.3) is 22.0 Å². The van der Waals surface area contributed by atoms with E-state index in [1.807, 2.05) is 73.9 Å². The summed E-state index contributed by atoms with van der Waals surface area (Å²) in [7, 11) is 3.57. The van der Waals surface area contributed by atoms with Crippen LogP contribution in [0.5, 0.6) is 5.75 Å². The fraction of sp³-hybridized carbons (Fsp3) is 0.0909. The Labute approximate surface area is 168 Å². The summed E-state index contributed by atoms with van der Waals surface area (Å²) in [5, 5.41) is 4.29. The van der Waals surface area contributed by atoms with E-state index < -0.39 is 0 Å². The third-order valence-electron chi connectivity index (χ3n) is 4.34. The quantitative estimate of drug-likeness (QED) is 0.439. The zero-order chi connectivity index (χ0) is 19.3. The standard InChI is InChI=1S/C22H20N4OS/c1-23-28-19-12-8-17(9-13-19)25-22-24-14-16-4-3-5-20(21(16)26-22)15-6-10-18(27-2)11-7-15/h3-14,23H,1-2H3,(H,24,25,26). The molecule has 0 bridgehead atoms. The summed E-state index contributed by atoms with van der Waals surface area (Å²) in [6.07, 6.45) is 1.85. The van der Waals surface area contributed by atoms with Crippen LogP contribution < -0.4 is 14.8 Å². The largest absolute Gasteiger partial charge is 0.497 e. The van der Waals surface area contributed by atoms with E-state index >= 15 is 0 Å². The Morgan fingerprint density at radius 1 is 0.929 bits per heavy atom. The van der Waals surface area contributed by atoms with Crippen LogP contribution in [0.1, 0.15) is 0 Å². The average Bonchev–Trinajstić information content (AvgIpc) is 2.75. The number of fused-ring (bicyclic) bond motifs is 1. The molecule has 28 heavy (non-hydrogen) atoms. The second-order valence-electron chi connectivity index (χ2n) is 6.12. The Kier molecular flexibility index (Phi) is 5.41. The predicted octanol–water partition coefficient (Wildman–Crippen LogP) is 5.28. The summed E-state index contributed by atoms with van der Waals surface area (Å²) in [5.74, 6) is 1.41. The molecule has 0 unspecified atom stereocenters. The highest BCUT2D eigenvalue weighted by Gasteiger charge is 2.08. The van der Waals surface area contributed by atoms with Crippen LogP contribution in [0, 0.1) is 0 Å². The minimum atomic E-state index is 0.572. The lowest BCUT2D eigenvalue weighted by atomic mass is 10.0. The van der Waals surface area contributed by atoms with Gasteiger partial charge in [0, 0.05) is 27.7 Å². The molecule has 0 aliphatic rings. The summed E-state index contributed by atoms with van der Waals surface area (Å²) >= 11 is 1.58. The zero-order valence-corrected chi connectivity index (χ0v) is 16.5. The van der Waals surface area contributed by atoms with Gasteiger partial charge in [0.1, 0.15) is 5.75 Å². The molecule has 0 saturated heterocycles. The van der Waals surface area contributed by atoms with E-state index in [0.717, 1.165) is 38.4 Å². The lowest BCUT2D eigenvalue weighted by Crippen LogP contribution is -1.98. The molecule has 0 fully saturated rings. The molecule has 3 aromatic carbocycles. The summed E-state index contributed by atoms with van der Waals surface area (Å²) < 4.78 is 8.33. The van der Waals surface area contributed by atoms with Gasteiger partial charge >= 0.3 is 0 Å². The molecule has 0 atom stereocenters. The molecule has 4 aromatic rings. The van der Waals surface area contributed by atoms with Crippen molar-refractivity contribution in [1.82, 2.24) is 14.7 Å². The van der Waals surface area contributed by atoms with Crippen molar-refractivity contribution in [2.75, 3.05) is 19.5 Å². The SMILES string of the molecule is CNSc1ccc(Nc2ncc3cccc(-c4ccc(OC)cc4)c3n2)cc1. The molecule has 0 amide bonds. The van der Waals surface area contributed by atoms with Gasteiger partial charge < -0.3 is 10.1 Å². The molecule has 5 nitrogen and oxygen atoms in total. The molecule has 0 aliphatic carbocycles. The molecule has 0 saturated carbocycles. The van der Waals surface area contributed by atoms with Crippen LogP contribution in [0.2, 0.25) is 0 Å². The highest BCUT2D eigenvalue weighted by Crippen LogP contribution is 2.29. The van der Waals surface area contributed by atoms with Gasteiger partial charge in [-0.3, -0.25) is 4.72 Å². The molecule has 6 heteroatoms. The van der Waals surface area contributed by atoms with E-state index in [-0.39, 0.29) is 0 Å². The minimum Gasteiger partial charge on any atom is -0.497 e. The summed E-state index contributed by atoms with van der Waals surface area (Å²) in [6.45, 7) is 0. The molecule has 1 heterocycles. The smallest absolute Gasteiger partial charge is 0.227 e. The monoisotopic (exact) mass is 388 g/mol. The van der Waals surface area contributed by atoms with Crippen LogP contribution in [-0.4, -0.2) is 24.1 Å². The summed E-state index contributed by atoms with van der Waals surface area (Å²) in [4.78, 5) is 10.4. The number of anilines is 2. The Bertz CT molecular complexity index is 1080. The lowest BCUT2D eigenvalue weighted by molar-refractivity contribution is 0.415. The second kappa shape index (κ2) is 8.29. The zero-order valence-electron chi connectivity index (χ0n) is 15.6. The van der Waals surface area contributed by atoms with Crippen molar-refractivity contribution in [2.24, 2.45) is 0 Å². The normalized spacial score (nSPS) is 10.8. The minimum absolute atomic E-state index is 0.572. The first-order valence-corrected chi connectivity index (χ1v) is 9.69. The number of benzene rings is 3. The van der Waals surface area contributed by atoms with Gasteiger partial charge in [0.25, 0.3) is 0 Å². The van der Waals surface area contributed by atoms with Crippen molar-refractivity contribution >= 4 is 34.5 Å². The van der Waals surface area contributed by atoms with Gasteiger partial charge in [-0.25, -0.2) is 9.97 Å². The first-order chi connectivity index (χ1) is 13.8. The van der Waals surface area contributed by atoms with Gasteiger partial charge in [0.15, 0.2) is 0 Å². The predicted molar refractivity (Wildman–Crippen MR) is 116 cm³/mol. The van der Waals surface area contributed by atoms with Crippen molar-refractivity contribution in [2.45, 2.75) is 4.90 Å². The number of rotatable bonds is 6. The fourth-order valence-corrected chi connectivity index (χ4v) is 3.48. The average molecular weight is 388 g/mol. The molecule has 1 aromatic heterocycles. The number of nitrogens with one attached hydrogen (secondary N) is 2. The maximum Gasteiger partial charge on any atom is 0.227 e. The van der Waals surface area contributed by atoms with E-state index in [9.17, 15) is 0 Å². The van der Waals surface area contributed by atoms with Crippen molar-refractivity contribution in [3.63, 3.8) is 0 Å². The number of ether oxygens (including phenoxy) is 1. The Balaban J connectivity index is 1.67. The van der Waals surface area contributed by atoms with Gasteiger partial charge in [0.05, 0.1) is 12.6 Å². The Morgan fingerprint density at radius 3 is 2.43 bits per heavy atom. The first kappa shape index (κ1) is 18.3. The second-order valence-corrected chi connectivity index (χ2v) is 7.20. The number of hydrogen-bond acceptors (Lipinski definition) is 6. The molecule has 4 rings (SSSR count). The number of para-hydroxylation sites is 1. The molecular formula is C22H20N4OS. The van der Waals surface area contributed by atoms with Crippen molar-refractivity contribution < 1.29 is 4.74 Å². The number of nitrogens with zero attached hydrogens (tertiary/aromatic N) is 2. The first-order valence-electron chi connectivity index (χ1n) is 8.88. The third kappa shape index (κ3) is 3.93. The van der Waals surface area contributed by atoms with Crippen LogP contribution in [0.3, 0.4) is 0 Å². The molecule has 2 N–H and O–H groups in total. The molecular weight excluding hydrogens is 368 g/mol. The van der Waals surface area contributed by atoms with Crippen LogP contribution in [-0.2, 0) is 0 Å². The Hall–Kier alpha value is -3.09. The van der Waals surface area contributed by atoms with Crippen molar-refractivity contribution in [3.8, 4) is 16.9 Å². The van der Waals surface area contributed by atoms with Gasteiger partial charge in [0.2, 0.25) is 5.95 Å².